The van der Waals surface area contributed by atoms with Gasteiger partial charge in [0, 0.05) is 24.7 Å². The Labute approximate surface area is 117 Å². The van der Waals surface area contributed by atoms with Gasteiger partial charge >= 0.3 is 0 Å². The van der Waals surface area contributed by atoms with E-state index in [0.717, 1.165) is 37.9 Å². The van der Waals surface area contributed by atoms with Crippen molar-refractivity contribution in [3.63, 3.8) is 0 Å². The fourth-order valence-electron chi connectivity index (χ4n) is 2.44. The molecule has 0 heterocycles. The first-order valence-electron chi connectivity index (χ1n) is 7.62. The van der Waals surface area contributed by atoms with Gasteiger partial charge in [-0.05, 0) is 46.6 Å². The lowest BCUT2D eigenvalue weighted by atomic mass is 10.2. The van der Waals surface area contributed by atoms with E-state index in [9.17, 15) is 0 Å². The molecule has 0 aromatic heterocycles. The highest BCUT2D eigenvalue weighted by atomic mass is 15.2. The van der Waals surface area contributed by atoms with Crippen LogP contribution < -0.4 is 10.6 Å². The molecule has 2 aliphatic rings. The fourth-order valence-corrected chi connectivity index (χ4v) is 2.44. The Morgan fingerprint density at radius 2 is 2.05 bits per heavy atom. The smallest absolute Gasteiger partial charge is 0.191 e. The van der Waals surface area contributed by atoms with Crippen molar-refractivity contribution in [2.45, 2.75) is 57.7 Å². The number of likely N-dealkylation sites (N-methyl/N-ethyl adjacent to an activating group) is 1. The van der Waals surface area contributed by atoms with Crippen molar-refractivity contribution in [1.29, 1.82) is 0 Å². The summed E-state index contributed by atoms with van der Waals surface area (Å²) in [6.45, 7) is 6.16. The van der Waals surface area contributed by atoms with Crippen LogP contribution in [-0.2, 0) is 0 Å². The molecule has 0 radical (unpaired) electrons. The Hall–Kier alpha value is -1.03. The van der Waals surface area contributed by atoms with E-state index >= 15 is 0 Å². The van der Waals surface area contributed by atoms with Crippen molar-refractivity contribution in [3.8, 4) is 0 Å². The second-order valence-corrected chi connectivity index (χ2v) is 5.75. The van der Waals surface area contributed by atoms with E-state index in [4.69, 9.17) is 4.99 Å². The minimum Gasteiger partial charge on any atom is -0.357 e. The lowest BCUT2D eigenvalue weighted by Gasteiger charge is -2.24. The van der Waals surface area contributed by atoms with Crippen LogP contribution in [0.3, 0.4) is 0 Å². The highest BCUT2D eigenvalue weighted by Gasteiger charge is 2.28. The zero-order chi connectivity index (χ0) is 13.7. The zero-order valence-corrected chi connectivity index (χ0v) is 12.5. The molecule has 1 atom stereocenters. The minimum atomic E-state index is 0.518. The third kappa shape index (κ3) is 4.53. The number of aliphatic imine (C=N–C) groups is 1. The second-order valence-electron chi connectivity index (χ2n) is 5.75. The summed E-state index contributed by atoms with van der Waals surface area (Å²) in [5.41, 5.74) is 0. The van der Waals surface area contributed by atoms with E-state index in [1.54, 1.807) is 0 Å². The standard InChI is InChI=1S/C15H28N4/c1-4-16-15(18-13-7-5-6-8-13)17-11-12(2)19(3)14-9-10-14/h5-6,12-14H,4,7-11H2,1-3H3,(H2,16,17,18). The largest absolute Gasteiger partial charge is 0.357 e. The number of rotatable bonds is 6. The van der Waals surface area contributed by atoms with Crippen LogP contribution in [0.15, 0.2) is 17.1 Å². The Morgan fingerprint density at radius 3 is 2.63 bits per heavy atom. The molecule has 0 amide bonds. The van der Waals surface area contributed by atoms with E-state index in [-0.39, 0.29) is 0 Å². The van der Waals surface area contributed by atoms with Gasteiger partial charge in [-0.25, -0.2) is 0 Å². The third-order valence-corrected chi connectivity index (χ3v) is 4.02. The summed E-state index contributed by atoms with van der Waals surface area (Å²) in [7, 11) is 2.22. The van der Waals surface area contributed by atoms with Crippen molar-refractivity contribution in [1.82, 2.24) is 15.5 Å². The predicted molar refractivity (Wildman–Crippen MR) is 81.5 cm³/mol. The predicted octanol–water partition coefficient (Wildman–Crippen LogP) is 1.74. The Morgan fingerprint density at radius 1 is 1.37 bits per heavy atom. The highest BCUT2D eigenvalue weighted by Crippen LogP contribution is 2.26. The van der Waals surface area contributed by atoms with Gasteiger partial charge in [0.1, 0.15) is 0 Å². The van der Waals surface area contributed by atoms with Crippen molar-refractivity contribution < 1.29 is 0 Å². The number of hydrogen-bond donors (Lipinski definition) is 2. The van der Waals surface area contributed by atoms with Crippen molar-refractivity contribution in [2.75, 3.05) is 20.1 Å². The molecular weight excluding hydrogens is 236 g/mol. The molecule has 2 aliphatic carbocycles. The van der Waals surface area contributed by atoms with Crippen LogP contribution in [0.1, 0.15) is 39.5 Å². The maximum Gasteiger partial charge on any atom is 0.191 e. The fraction of sp³-hybridized carbons (Fsp3) is 0.800. The Bertz CT molecular complexity index is 325. The molecule has 4 heteroatoms. The van der Waals surface area contributed by atoms with Gasteiger partial charge in [0.25, 0.3) is 0 Å². The van der Waals surface area contributed by atoms with Crippen molar-refractivity contribution >= 4 is 5.96 Å². The van der Waals surface area contributed by atoms with Crippen LogP contribution in [0.5, 0.6) is 0 Å². The molecule has 0 spiro atoms. The first-order chi connectivity index (χ1) is 9.20. The molecule has 108 valence electrons. The number of guanidine groups is 1. The first kappa shape index (κ1) is 14.4. The van der Waals surface area contributed by atoms with E-state index in [1.807, 2.05) is 0 Å². The maximum atomic E-state index is 4.73. The average Bonchev–Trinajstić information content (AvgIpc) is 3.13. The summed E-state index contributed by atoms with van der Waals surface area (Å²) >= 11 is 0. The Balaban J connectivity index is 1.80. The van der Waals surface area contributed by atoms with Gasteiger partial charge in [0.2, 0.25) is 0 Å². The summed E-state index contributed by atoms with van der Waals surface area (Å²) in [4.78, 5) is 7.20. The first-order valence-corrected chi connectivity index (χ1v) is 7.62. The molecule has 0 aromatic rings. The summed E-state index contributed by atoms with van der Waals surface area (Å²) in [5.74, 6) is 0.965. The van der Waals surface area contributed by atoms with Gasteiger partial charge in [-0.2, -0.15) is 0 Å². The normalized spacial score (nSPS) is 22.0. The lowest BCUT2D eigenvalue weighted by Crippen LogP contribution is -2.43. The summed E-state index contributed by atoms with van der Waals surface area (Å²) in [6.07, 6.45) is 9.42. The molecule has 2 N–H and O–H groups in total. The maximum absolute atomic E-state index is 4.73. The summed E-state index contributed by atoms with van der Waals surface area (Å²) < 4.78 is 0. The Kier molecular flexibility index (Phi) is 5.25. The lowest BCUT2D eigenvalue weighted by molar-refractivity contribution is 0.253. The van der Waals surface area contributed by atoms with E-state index in [2.05, 4.69) is 48.6 Å². The van der Waals surface area contributed by atoms with Crippen LogP contribution in [0.2, 0.25) is 0 Å². The third-order valence-electron chi connectivity index (χ3n) is 4.02. The summed E-state index contributed by atoms with van der Waals surface area (Å²) in [6, 6.07) is 1.85. The second kappa shape index (κ2) is 6.94. The minimum absolute atomic E-state index is 0.518. The van der Waals surface area contributed by atoms with Gasteiger partial charge in [-0.15, -0.1) is 0 Å². The van der Waals surface area contributed by atoms with Crippen LogP contribution in [0, 0.1) is 0 Å². The summed E-state index contributed by atoms with van der Waals surface area (Å²) in [5, 5.41) is 6.86. The molecule has 4 nitrogen and oxygen atoms in total. The van der Waals surface area contributed by atoms with E-state index < -0.39 is 0 Å². The van der Waals surface area contributed by atoms with E-state index in [0.29, 0.717) is 12.1 Å². The number of nitrogens with one attached hydrogen (secondary N) is 2. The average molecular weight is 264 g/mol. The van der Waals surface area contributed by atoms with Gasteiger partial charge in [-0.1, -0.05) is 12.2 Å². The number of nitrogens with zero attached hydrogens (tertiary/aromatic N) is 2. The molecule has 1 unspecified atom stereocenters. The monoisotopic (exact) mass is 264 g/mol. The SMILES string of the molecule is CCNC(=NCC(C)N(C)C1CC1)NC1CC=CC1. The quantitative estimate of drug-likeness (QED) is 0.436. The van der Waals surface area contributed by atoms with Crippen molar-refractivity contribution in [2.24, 2.45) is 4.99 Å². The highest BCUT2D eigenvalue weighted by molar-refractivity contribution is 5.80. The molecule has 1 saturated carbocycles. The van der Waals surface area contributed by atoms with Gasteiger partial charge in [0.05, 0.1) is 6.54 Å². The molecule has 0 bridgehead atoms. The van der Waals surface area contributed by atoms with Gasteiger partial charge < -0.3 is 10.6 Å². The van der Waals surface area contributed by atoms with Crippen LogP contribution >= 0.6 is 0 Å². The van der Waals surface area contributed by atoms with Crippen LogP contribution in [-0.4, -0.2) is 49.1 Å². The van der Waals surface area contributed by atoms with E-state index in [1.165, 1.54) is 12.8 Å². The van der Waals surface area contributed by atoms with Crippen molar-refractivity contribution in [3.05, 3.63) is 12.2 Å². The van der Waals surface area contributed by atoms with Crippen LogP contribution in [0.4, 0.5) is 0 Å². The topological polar surface area (TPSA) is 39.7 Å². The molecule has 0 saturated heterocycles. The molecule has 2 rings (SSSR count). The molecule has 0 aromatic carbocycles. The zero-order valence-electron chi connectivity index (χ0n) is 12.5. The van der Waals surface area contributed by atoms with Crippen LogP contribution in [0.25, 0.3) is 0 Å². The number of hydrogen-bond acceptors (Lipinski definition) is 2. The molecule has 19 heavy (non-hydrogen) atoms. The molecule has 1 fully saturated rings. The van der Waals surface area contributed by atoms with Gasteiger partial charge in [0.15, 0.2) is 5.96 Å². The van der Waals surface area contributed by atoms with Gasteiger partial charge in [-0.3, -0.25) is 9.89 Å². The molecule has 0 aliphatic heterocycles. The molecular formula is C15H28N4.